The van der Waals surface area contributed by atoms with E-state index in [4.69, 9.17) is 9.47 Å². The van der Waals surface area contributed by atoms with Crippen molar-refractivity contribution in [3.8, 4) is 0 Å². The van der Waals surface area contributed by atoms with Crippen LogP contribution in [0.3, 0.4) is 0 Å². The first-order chi connectivity index (χ1) is 8.76. The van der Waals surface area contributed by atoms with Gasteiger partial charge >= 0.3 is 5.97 Å². The normalized spacial score (nSPS) is 39.4. The van der Waals surface area contributed by atoms with E-state index in [9.17, 15) is 4.79 Å². The van der Waals surface area contributed by atoms with Crippen molar-refractivity contribution in [3.63, 3.8) is 0 Å². The van der Waals surface area contributed by atoms with Crippen LogP contribution in [-0.4, -0.2) is 49.3 Å². The molecule has 0 aromatic carbocycles. The number of nitrogens with zero attached hydrogens (tertiary/aromatic N) is 1. The highest BCUT2D eigenvalue weighted by molar-refractivity contribution is 5.71. The maximum atomic E-state index is 11.9. The van der Waals surface area contributed by atoms with Crippen LogP contribution >= 0.6 is 0 Å². The lowest BCUT2D eigenvalue weighted by atomic mass is 9.86. The molecule has 0 aromatic heterocycles. The fourth-order valence-electron chi connectivity index (χ4n) is 4.04. The summed E-state index contributed by atoms with van der Waals surface area (Å²) in [7, 11) is 0. The first-order valence-electron chi connectivity index (χ1n) is 7.24. The van der Waals surface area contributed by atoms with Crippen molar-refractivity contribution in [1.82, 2.24) is 4.90 Å². The SMILES string of the molecule is CCOC(=O)CC1(N2CCOCC2)CCC2CC21. The van der Waals surface area contributed by atoms with Gasteiger partial charge in [-0.05, 0) is 38.0 Å². The average Bonchev–Trinajstić information content (AvgIpc) is 3.09. The van der Waals surface area contributed by atoms with E-state index in [0.29, 0.717) is 13.0 Å². The molecule has 0 aromatic rings. The maximum Gasteiger partial charge on any atom is 0.307 e. The van der Waals surface area contributed by atoms with Crippen molar-refractivity contribution in [3.05, 3.63) is 0 Å². The second-order valence-electron chi connectivity index (χ2n) is 5.83. The molecule has 4 nitrogen and oxygen atoms in total. The zero-order valence-corrected chi connectivity index (χ0v) is 11.2. The number of carbonyl (C=O) groups excluding carboxylic acids is 1. The summed E-state index contributed by atoms with van der Waals surface area (Å²) in [4.78, 5) is 14.4. The van der Waals surface area contributed by atoms with Crippen molar-refractivity contribution < 1.29 is 14.3 Å². The Kier molecular flexibility index (Phi) is 3.32. The van der Waals surface area contributed by atoms with Crippen LogP contribution in [0.25, 0.3) is 0 Å². The molecule has 18 heavy (non-hydrogen) atoms. The molecule has 3 atom stereocenters. The van der Waals surface area contributed by atoms with Gasteiger partial charge in [-0.3, -0.25) is 9.69 Å². The number of esters is 1. The molecule has 0 amide bonds. The molecule has 0 spiro atoms. The lowest BCUT2D eigenvalue weighted by Gasteiger charge is -2.44. The highest BCUT2D eigenvalue weighted by Gasteiger charge is 2.60. The van der Waals surface area contributed by atoms with Gasteiger partial charge in [-0.1, -0.05) is 0 Å². The van der Waals surface area contributed by atoms with Gasteiger partial charge in [0.1, 0.15) is 0 Å². The molecule has 0 bridgehead atoms. The van der Waals surface area contributed by atoms with Gasteiger partial charge in [0.25, 0.3) is 0 Å². The Morgan fingerprint density at radius 1 is 1.44 bits per heavy atom. The highest BCUT2D eigenvalue weighted by atomic mass is 16.5. The molecule has 102 valence electrons. The minimum Gasteiger partial charge on any atom is -0.466 e. The Balaban J connectivity index is 1.73. The quantitative estimate of drug-likeness (QED) is 0.711. The molecule has 0 radical (unpaired) electrons. The summed E-state index contributed by atoms with van der Waals surface area (Å²) in [5.74, 6) is 1.60. The molecule has 1 heterocycles. The van der Waals surface area contributed by atoms with Gasteiger partial charge < -0.3 is 9.47 Å². The minimum absolute atomic E-state index is 0.0171. The minimum atomic E-state index is -0.0171. The first-order valence-corrected chi connectivity index (χ1v) is 7.24. The third-order valence-corrected chi connectivity index (χ3v) is 4.96. The second kappa shape index (κ2) is 4.82. The smallest absolute Gasteiger partial charge is 0.307 e. The molecule has 4 heteroatoms. The zero-order valence-electron chi connectivity index (χ0n) is 11.2. The number of rotatable bonds is 4. The van der Waals surface area contributed by atoms with Gasteiger partial charge in [0.05, 0.1) is 26.2 Å². The Morgan fingerprint density at radius 2 is 2.22 bits per heavy atom. The summed E-state index contributed by atoms with van der Waals surface area (Å²) >= 11 is 0. The van der Waals surface area contributed by atoms with Crippen LogP contribution in [0, 0.1) is 11.8 Å². The monoisotopic (exact) mass is 253 g/mol. The molecular weight excluding hydrogens is 230 g/mol. The Hall–Kier alpha value is -0.610. The van der Waals surface area contributed by atoms with Crippen LogP contribution in [0.4, 0.5) is 0 Å². The molecule has 2 saturated carbocycles. The van der Waals surface area contributed by atoms with Crippen molar-refractivity contribution in [2.24, 2.45) is 11.8 Å². The fourth-order valence-corrected chi connectivity index (χ4v) is 4.04. The van der Waals surface area contributed by atoms with Gasteiger partial charge in [0, 0.05) is 18.6 Å². The van der Waals surface area contributed by atoms with Gasteiger partial charge in [0.2, 0.25) is 0 Å². The van der Waals surface area contributed by atoms with E-state index in [0.717, 1.165) is 38.1 Å². The van der Waals surface area contributed by atoms with Crippen molar-refractivity contribution in [1.29, 1.82) is 0 Å². The fraction of sp³-hybridized carbons (Fsp3) is 0.929. The number of hydrogen-bond donors (Lipinski definition) is 0. The number of morpholine rings is 1. The lowest BCUT2D eigenvalue weighted by Crippen LogP contribution is -2.55. The molecule has 3 unspecified atom stereocenters. The van der Waals surface area contributed by atoms with E-state index in [1.54, 1.807) is 0 Å². The van der Waals surface area contributed by atoms with Crippen LogP contribution in [-0.2, 0) is 14.3 Å². The summed E-state index contributed by atoms with van der Waals surface area (Å²) in [6.45, 7) is 5.94. The molecule has 2 aliphatic carbocycles. The lowest BCUT2D eigenvalue weighted by molar-refractivity contribution is -0.148. The van der Waals surface area contributed by atoms with Crippen LogP contribution < -0.4 is 0 Å². The van der Waals surface area contributed by atoms with Crippen molar-refractivity contribution in [2.75, 3.05) is 32.9 Å². The summed E-state index contributed by atoms with van der Waals surface area (Å²) < 4.78 is 10.6. The van der Waals surface area contributed by atoms with E-state index in [2.05, 4.69) is 4.90 Å². The summed E-state index contributed by atoms with van der Waals surface area (Å²) in [6.07, 6.45) is 4.36. The van der Waals surface area contributed by atoms with Gasteiger partial charge in [0.15, 0.2) is 0 Å². The molecule has 1 aliphatic heterocycles. The zero-order chi connectivity index (χ0) is 12.6. The number of ether oxygens (including phenoxy) is 2. The Labute approximate surface area is 109 Å². The van der Waals surface area contributed by atoms with Crippen LogP contribution in [0.1, 0.15) is 32.6 Å². The third kappa shape index (κ3) is 2.05. The van der Waals surface area contributed by atoms with Crippen LogP contribution in [0.5, 0.6) is 0 Å². The van der Waals surface area contributed by atoms with E-state index < -0.39 is 0 Å². The maximum absolute atomic E-state index is 11.9. The largest absolute Gasteiger partial charge is 0.466 e. The average molecular weight is 253 g/mol. The van der Waals surface area contributed by atoms with Crippen molar-refractivity contribution >= 4 is 5.97 Å². The van der Waals surface area contributed by atoms with E-state index >= 15 is 0 Å². The van der Waals surface area contributed by atoms with Gasteiger partial charge in [-0.2, -0.15) is 0 Å². The molecule has 3 rings (SSSR count). The van der Waals surface area contributed by atoms with Crippen LogP contribution in [0.15, 0.2) is 0 Å². The number of fused-ring (bicyclic) bond motifs is 1. The molecule has 3 fully saturated rings. The Bertz CT molecular complexity index is 327. The summed E-state index contributed by atoms with van der Waals surface area (Å²) in [5.41, 5.74) is 0.0979. The number of hydrogen-bond acceptors (Lipinski definition) is 4. The van der Waals surface area contributed by atoms with E-state index in [1.165, 1.54) is 19.3 Å². The molecule has 3 aliphatic rings. The third-order valence-electron chi connectivity index (χ3n) is 4.96. The van der Waals surface area contributed by atoms with E-state index in [1.807, 2.05) is 6.92 Å². The van der Waals surface area contributed by atoms with Crippen molar-refractivity contribution in [2.45, 2.75) is 38.1 Å². The Morgan fingerprint density at radius 3 is 2.78 bits per heavy atom. The van der Waals surface area contributed by atoms with Gasteiger partial charge in [-0.25, -0.2) is 0 Å². The summed E-state index contributed by atoms with van der Waals surface area (Å²) in [5, 5.41) is 0. The predicted octanol–water partition coefficient (Wildman–Crippen LogP) is 1.44. The van der Waals surface area contributed by atoms with E-state index in [-0.39, 0.29) is 11.5 Å². The summed E-state index contributed by atoms with van der Waals surface area (Å²) in [6, 6.07) is 0. The molecule has 1 saturated heterocycles. The topological polar surface area (TPSA) is 38.8 Å². The first kappa shape index (κ1) is 12.4. The van der Waals surface area contributed by atoms with Gasteiger partial charge in [-0.15, -0.1) is 0 Å². The predicted molar refractivity (Wildman–Crippen MR) is 67.2 cm³/mol. The van der Waals surface area contributed by atoms with Crippen LogP contribution in [0.2, 0.25) is 0 Å². The standard InChI is InChI=1S/C14H23NO3/c1-2-18-13(16)10-14(4-3-11-9-12(11)14)15-5-7-17-8-6-15/h11-12H,2-10H2,1H3. The number of carbonyl (C=O) groups is 1. The molecule has 0 N–H and O–H groups in total. The molecular formula is C14H23NO3. The second-order valence-corrected chi connectivity index (χ2v) is 5.83. The highest BCUT2D eigenvalue weighted by Crippen LogP contribution is 2.61.